The number of benzene rings is 7. The predicted molar refractivity (Wildman–Crippen MR) is 184 cm³/mol. The fourth-order valence-electron chi connectivity index (χ4n) is 7.29. The maximum absolute atomic E-state index is 4.95. The Bertz CT molecular complexity index is 2760. The Labute approximate surface area is 252 Å². The molecule has 0 aliphatic heterocycles. The second kappa shape index (κ2) is 8.79. The van der Waals surface area contributed by atoms with E-state index in [1.807, 2.05) is 30.7 Å². The van der Waals surface area contributed by atoms with E-state index in [1.165, 1.54) is 64.6 Å². The average Bonchev–Trinajstić information content (AvgIpc) is 3.09. The number of pyridine rings is 1. The van der Waals surface area contributed by atoms with E-state index in [4.69, 9.17) is 9.97 Å². The third-order valence-corrected chi connectivity index (χ3v) is 9.27. The lowest BCUT2D eigenvalue weighted by Gasteiger charge is -2.17. The predicted octanol–water partition coefficient (Wildman–Crippen LogP) is 10.7. The van der Waals surface area contributed by atoms with E-state index < -0.39 is 0 Å². The van der Waals surface area contributed by atoms with Gasteiger partial charge in [0, 0.05) is 22.7 Å². The summed E-state index contributed by atoms with van der Waals surface area (Å²) in [6.07, 6.45) is 5.61. The van der Waals surface area contributed by atoms with Crippen molar-refractivity contribution in [2.75, 3.05) is 0 Å². The quantitative estimate of drug-likeness (QED) is 0.198. The minimum absolute atomic E-state index is 0.846. The Morgan fingerprint density at radius 1 is 0.341 bits per heavy atom. The van der Waals surface area contributed by atoms with Gasteiger partial charge in [-0.1, -0.05) is 91.0 Å². The number of rotatable bonds is 2. The molecule has 44 heavy (non-hydrogen) atoms. The zero-order chi connectivity index (χ0) is 28.8. The molecule has 0 aliphatic carbocycles. The maximum atomic E-state index is 4.95. The molecule has 0 saturated carbocycles. The summed E-state index contributed by atoms with van der Waals surface area (Å²) in [7, 11) is 0. The van der Waals surface area contributed by atoms with Crippen LogP contribution in [0.5, 0.6) is 0 Å². The van der Waals surface area contributed by atoms with Crippen LogP contribution in [-0.4, -0.2) is 15.0 Å². The van der Waals surface area contributed by atoms with Crippen LogP contribution in [0.2, 0.25) is 0 Å². The molecule has 0 amide bonds. The summed E-state index contributed by atoms with van der Waals surface area (Å²) in [5.41, 5.74) is 4.77. The van der Waals surface area contributed by atoms with Crippen molar-refractivity contribution >= 4 is 75.5 Å². The van der Waals surface area contributed by atoms with Gasteiger partial charge in [-0.2, -0.15) is 0 Å². The molecule has 8 aromatic carbocycles. The molecule has 0 aliphatic rings. The average molecular weight is 558 g/mol. The topological polar surface area (TPSA) is 38.7 Å². The molecule has 202 valence electrons. The largest absolute Gasteiger partial charge is 0.256 e. The molecule has 10 aromatic rings. The minimum Gasteiger partial charge on any atom is -0.256 e. The van der Waals surface area contributed by atoms with Crippen molar-refractivity contribution in [2.45, 2.75) is 0 Å². The Balaban J connectivity index is 1.29. The van der Waals surface area contributed by atoms with Gasteiger partial charge in [0.2, 0.25) is 0 Å². The van der Waals surface area contributed by atoms with Crippen molar-refractivity contribution in [3.63, 3.8) is 0 Å². The van der Waals surface area contributed by atoms with Crippen LogP contribution in [0.15, 0.2) is 140 Å². The molecule has 0 spiro atoms. The maximum Gasteiger partial charge on any atom is 0.0886 e. The zero-order valence-corrected chi connectivity index (χ0v) is 23.6. The van der Waals surface area contributed by atoms with Gasteiger partial charge < -0.3 is 0 Å². The Morgan fingerprint density at radius 2 is 0.864 bits per heavy atom. The molecule has 0 unspecified atom stereocenters. The van der Waals surface area contributed by atoms with Crippen LogP contribution in [-0.2, 0) is 0 Å². The lowest BCUT2D eigenvalue weighted by Crippen LogP contribution is -1.92. The Kier molecular flexibility index (Phi) is 4.72. The molecular weight excluding hydrogens is 534 g/mol. The summed E-state index contributed by atoms with van der Waals surface area (Å²) in [5, 5.41) is 16.3. The minimum atomic E-state index is 0.846. The molecule has 0 radical (unpaired) electrons. The van der Waals surface area contributed by atoms with Crippen LogP contribution in [0.4, 0.5) is 0 Å². The van der Waals surface area contributed by atoms with E-state index >= 15 is 0 Å². The normalized spacial score (nSPS) is 12.1. The molecule has 2 heterocycles. The van der Waals surface area contributed by atoms with E-state index in [-0.39, 0.29) is 0 Å². The van der Waals surface area contributed by atoms with E-state index in [0.717, 1.165) is 33.4 Å². The highest BCUT2D eigenvalue weighted by Crippen LogP contribution is 2.44. The van der Waals surface area contributed by atoms with Crippen molar-refractivity contribution in [3.8, 4) is 22.5 Å². The molecule has 10 rings (SSSR count). The van der Waals surface area contributed by atoms with Gasteiger partial charge in [0.25, 0.3) is 0 Å². The van der Waals surface area contributed by atoms with Gasteiger partial charge in [0.05, 0.1) is 29.3 Å². The van der Waals surface area contributed by atoms with Crippen molar-refractivity contribution in [1.29, 1.82) is 0 Å². The van der Waals surface area contributed by atoms with Crippen LogP contribution in [0.3, 0.4) is 0 Å². The van der Waals surface area contributed by atoms with Crippen molar-refractivity contribution in [2.24, 2.45) is 0 Å². The monoisotopic (exact) mass is 557 g/mol. The summed E-state index contributed by atoms with van der Waals surface area (Å²) in [6.45, 7) is 0. The van der Waals surface area contributed by atoms with Crippen molar-refractivity contribution < 1.29 is 0 Å². The van der Waals surface area contributed by atoms with E-state index in [0.29, 0.717) is 0 Å². The first kappa shape index (κ1) is 23.6. The van der Waals surface area contributed by atoms with E-state index in [1.54, 1.807) is 0 Å². The summed E-state index contributed by atoms with van der Waals surface area (Å²) in [6, 6.07) is 44.0. The summed E-state index contributed by atoms with van der Waals surface area (Å²) >= 11 is 0. The Hall–Kier alpha value is -5.93. The molecule has 0 fully saturated rings. The second-order valence-electron chi connectivity index (χ2n) is 11.7. The van der Waals surface area contributed by atoms with Crippen LogP contribution in [0.25, 0.3) is 98.1 Å². The van der Waals surface area contributed by atoms with Crippen LogP contribution < -0.4 is 0 Å². The van der Waals surface area contributed by atoms with Crippen LogP contribution in [0.1, 0.15) is 0 Å². The van der Waals surface area contributed by atoms with Gasteiger partial charge in [-0.15, -0.1) is 0 Å². The molecular formula is C41H23N3. The first-order valence-electron chi connectivity index (χ1n) is 14.9. The summed E-state index contributed by atoms with van der Waals surface area (Å²) in [4.78, 5) is 14.3. The highest BCUT2D eigenvalue weighted by atomic mass is 14.8. The van der Waals surface area contributed by atoms with Crippen molar-refractivity contribution in [1.82, 2.24) is 15.0 Å². The van der Waals surface area contributed by atoms with Crippen LogP contribution in [0, 0.1) is 0 Å². The number of aromatic nitrogens is 3. The first-order chi connectivity index (χ1) is 21.8. The van der Waals surface area contributed by atoms with Gasteiger partial charge in [-0.3, -0.25) is 15.0 Å². The standard InChI is InChI=1S/C41H23N3/c1-5-24-12-13-25-7-3-11-33-34-21-30(37-23-43-36(22-44-37)28-16-17-35-27(19-28)8-4-18-42-35)20-29-15-14-26-6-2-10-32(39(26)41(29)34)31(9-1)38(24)40(25)33/h1-23H. The highest BCUT2D eigenvalue weighted by molar-refractivity contribution is 6.37. The van der Waals surface area contributed by atoms with Crippen LogP contribution >= 0.6 is 0 Å². The number of hydrogen-bond donors (Lipinski definition) is 0. The van der Waals surface area contributed by atoms with Gasteiger partial charge >= 0.3 is 0 Å². The molecule has 3 heteroatoms. The molecule has 0 N–H and O–H groups in total. The smallest absolute Gasteiger partial charge is 0.0886 e. The Morgan fingerprint density at radius 3 is 1.50 bits per heavy atom. The third-order valence-electron chi connectivity index (χ3n) is 9.27. The SMILES string of the molecule is c1cnc2ccc(-c3cnc(-c4cc5ccc6cccc7c8cccc9ccc%10cccc(c(c4)c5c67)c%10c98)cn3)cc2c1. The van der Waals surface area contributed by atoms with E-state index in [2.05, 4.69) is 114 Å². The fourth-order valence-corrected chi connectivity index (χ4v) is 7.29. The molecule has 0 saturated heterocycles. The van der Waals surface area contributed by atoms with Gasteiger partial charge in [-0.05, 0) is 95.0 Å². The lowest BCUT2D eigenvalue weighted by atomic mass is 9.87. The van der Waals surface area contributed by atoms with E-state index in [9.17, 15) is 0 Å². The third kappa shape index (κ3) is 3.29. The molecule has 2 aromatic heterocycles. The fraction of sp³-hybridized carbons (Fsp3) is 0. The zero-order valence-electron chi connectivity index (χ0n) is 23.6. The lowest BCUT2D eigenvalue weighted by molar-refractivity contribution is 1.21. The molecule has 3 nitrogen and oxygen atoms in total. The second-order valence-corrected chi connectivity index (χ2v) is 11.7. The van der Waals surface area contributed by atoms with Gasteiger partial charge in [-0.25, -0.2) is 0 Å². The van der Waals surface area contributed by atoms with Gasteiger partial charge in [0.1, 0.15) is 0 Å². The molecule has 0 atom stereocenters. The number of hydrogen-bond acceptors (Lipinski definition) is 3. The highest BCUT2D eigenvalue weighted by Gasteiger charge is 2.16. The molecule has 0 bridgehead atoms. The summed E-state index contributed by atoms with van der Waals surface area (Å²) in [5.74, 6) is 0. The summed E-state index contributed by atoms with van der Waals surface area (Å²) < 4.78 is 0. The van der Waals surface area contributed by atoms with Gasteiger partial charge in [0.15, 0.2) is 0 Å². The van der Waals surface area contributed by atoms with Crippen molar-refractivity contribution in [3.05, 3.63) is 140 Å². The number of fused-ring (bicyclic) bond motifs is 3. The number of nitrogens with zero attached hydrogens (tertiary/aromatic N) is 3. The first-order valence-corrected chi connectivity index (χ1v) is 14.9.